The van der Waals surface area contributed by atoms with Gasteiger partial charge in [-0.3, -0.25) is 14.7 Å². The molecule has 2 aromatic carbocycles. The first kappa shape index (κ1) is 37.7. The highest BCUT2D eigenvalue weighted by Crippen LogP contribution is 2.35. The van der Waals surface area contributed by atoms with Crippen LogP contribution in [-0.4, -0.2) is 110 Å². The quantitative estimate of drug-likeness (QED) is 0.224. The number of hydrogen-bond donors (Lipinski definition) is 2. The number of piperazine rings is 1. The second kappa shape index (κ2) is 16.6. The third-order valence-electron chi connectivity index (χ3n) is 8.79. The Hall–Kier alpha value is -3.60. The van der Waals surface area contributed by atoms with Crippen LogP contribution in [0.1, 0.15) is 31.9 Å². The number of fused-ring (bicyclic) bond motifs is 1. The SMILES string of the molecule is CC(C)CN(CC(O)C(Cc1ccccc1)NC(=O)C(C)CS(=O)(=O)N1CCN(Cc2cccnc2)CC1)S(=O)(=O)c1ccc2c(c1)OCO2. The molecule has 3 unspecified atom stereocenters. The molecule has 0 spiro atoms. The second-order valence-electron chi connectivity index (χ2n) is 13.3. The first-order valence-corrected chi connectivity index (χ1v) is 19.9. The molecule has 50 heavy (non-hydrogen) atoms. The molecule has 272 valence electrons. The van der Waals surface area contributed by atoms with Gasteiger partial charge in [0, 0.05) is 64.3 Å². The van der Waals surface area contributed by atoms with E-state index in [1.165, 1.54) is 26.8 Å². The number of aromatic nitrogens is 1. The number of sulfonamides is 2. The maximum atomic E-state index is 13.9. The molecule has 1 aromatic heterocycles. The molecule has 5 rings (SSSR count). The van der Waals surface area contributed by atoms with Crippen LogP contribution in [-0.2, 0) is 37.8 Å². The minimum Gasteiger partial charge on any atom is -0.454 e. The van der Waals surface area contributed by atoms with Gasteiger partial charge in [-0.15, -0.1) is 0 Å². The van der Waals surface area contributed by atoms with E-state index in [9.17, 15) is 26.7 Å². The summed E-state index contributed by atoms with van der Waals surface area (Å²) in [6.07, 6.45) is 2.39. The van der Waals surface area contributed by atoms with Crippen molar-refractivity contribution in [2.24, 2.45) is 11.8 Å². The number of carbonyl (C=O) groups is 1. The summed E-state index contributed by atoms with van der Waals surface area (Å²) < 4.78 is 68.0. The number of benzene rings is 2. The third-order valence-corrected chi connectivity index (χ3v) is 12.7. The molecule has 1 fully saturated rings. The van der Waals surface area contributed by atoms with Crippen molar-refractivity contribution in [3.05, 3.63) is 84.2 Å². The first-order chi connectivity index (χ1) is 23.8. The van der Waals surface area contributed by atoms with Gasteiger partial charge in [-0.1, -0.05) is 57.2 Å². The van der Waals surface area contributed by atoms with Gasteiger partial charge in [0.1, 0.15) is 0 Å². The molecule has 1 saturated heterocycles. The van der Waals surface area contributed by atoms with E-state index in [0.717, 1.165) is 11.1 Å². The van der Waals surface area contributed by atoms with E-state index in [4.69, 9.17) is 9.47 Å². The zero-order valence-electron chi connectivity index (χ0n) is 28.7. The van der Waals surface area contributed by atoms with E-state index >= 15 is 0 Å². The van der Waals surface area contributed by atoms with Crippen LogP contribution in [0.15, 0.2) is 78.0 Å². The molecular weight excluding hydrogens is 683 g/mol. The fraction of sp³-hybridized carbons (Fsp3) is 0.486. The molecule has 13 nitrogen and oxygen atoms in total. The van der Waals surface area contributed by atoms with Crippen LogP contribution >= 0.6 is 0 Å². The van der Waals surface area contributed by atoms with Crippen LogP contribution in [0.25, 0.3) is 0 Å². The standard InChI is InChI=1S/C35H47N5O8S2/c1-26(2)21-40(50(45,46)30-11-12-33-34(19-30)48-25-47-33)23-32(41)31(18-28-8-5-4-6-9-28)37-35(42)27(3)24-49(43,44)39-16-14-38(15-17-39)22-29-10-7-13-36-20-29/h4-13,19-20,26-27,31-32,41H,14-18,21-25H2,1-3H3,(H,37,42). The third kappa shape index (κ3) is 9.80. The maximum absolute atomic E-state index is 13.9. The van der Waals surface area contributed by atoms with E-state index in [1.807, 2.05) is 56.3 Å². The number of rotatable bonds is 16. The maximum Gasteiger partial charge on any atom is 0.243 e. The van der Waals surface area contributed by atoms with Crippen LogP contribution < -0.4 is 14.8 Å². The Balaban J connectivity index is 1.26. The van der Waals surface area contributed by atoms with Gasteiger partial charge in [0.15, 0.2) is 11.5 Å². The highest BCUT2D eigenvalue weighted by molar-refractivity contribution is 7.89. The number of ether oxygens (including phenoxy) is 2. The Kier molecular flexibility index (Phi) is 12.5. The zero-order chi connectivity index (χ0) is 35.9. The monoisotopic (exact) mass is 729 g/mol. The van der Waals surface area contributed by atoms with E-state index < -0.39 is 49.8 Å². The van der Waals surface area contributed by atoms with E-state index in [2.05, 4.69) is 15.2 Å². The molecular formula is C35H47N5O8S2. The molecule has 3 heterocycles. The Morgan fingerprint density at radius 3 is 2.30 bits per heavy atom. The van der Waals surface area contributed by atoms with Crippen molar-refractivity contribution in [3.63, 3.8) is 0 Å². The number of amides is 1. The van der Waals surface area contributed by atoms with Crippen LogP contribution in [0.2, 0.25) is 0 Å². The van der Waals surface area contributed by atoms with Crippen molar-refractivity contribution in [2.75, 3.05) is 51.8 Å². The number of hydrogen-bond acceptors (Lipinski definition) is 10. The van der Waals surface area contributed by atoms with Gasteiger partial charge < -0.3 is 19.9 Å². The summed E-state index contributed by atoms with van der Waals surface area (Å²) in [7, 11) is -7.85. The van der Waals surface area contributed by atoms with Crippen LogP contribution in [0.4, 0.5) is 0 Å². The molecule has 0 radical (unpaired) electrons. The summed E-state index contributed by atoms with van der Waals surface area (Å²) in [4.78, 5) is 19.9. The average molecular weight is 730 g/mol. The molecule has 2 aliphatic heterocycles. The van der Waals surface area contributed by atoms with Crippen LogP contribution in [0.5, 0.6) is 11.5 Å². The van der Waals surface area contributed by atoms with Crippen molar-refractivity contribution >= 4 is 26.0 Å². The lowest BCUT2D eigenvalue weighted by atomic mass is 10.00. The molecule has 2 aliphatic rings. The lowest BCUT2D eigenvalue weighted by Crippen LogP contribution is -2.53. The Morgan fingerprint density at radius 2 is 1.62 bits per heavy atom. The molecule has 3 atom stereocenters. The summed E-state index contributed by atoms with van der Waals surface area (Å²) in [6, 6.07) is 16.5. The average Bonchev–Trinajstić information content (AvgIpc) is 3.57. The summed E-state index contributed by atoms with van der Waals surface area (Å²) in [6.45, 7) is 7.53. The van der Waals surface area contributed by atoms with Gasteiger partial charge in [0.05, 0.1) is 28.7 Å². The summed E-state index contributed by atoms with van der Waals surface area (Å²) in [5.41, 5.74) is 1.87. The highest BCUT2D eigenvalue weighted by Gasteiger charge is 2.35. The minimum absolute atomic E-state index is 0.00265. The van der Waals surface area contributed by atoms with E-state index in [0.29, 0.717) is 44.2 Å². The number of aliphatic hydroxyl groups is 1. The lowest BCUT2D eigenvalue weighted by Gasteiger charge is -2.34. The van der Waals surface area contributed by atoms with E-state index in [1.54, 1.807) is 19.3 Å². The van der Waals surface area contributed by atoms with Crippen LogP contribution in [0, 0.1) is 11.8 Å². The molecule has 0 saturated carbocycles. The van der Waals surface area contributed by atoms with Crippen molar-refractivity contribution in [1.82, 2.24) is 23.8 Å². The number of nitrogens with one attached hydrogen (secondary N) is 1. The smallest absolute Gasteiger partial charge is 0.243 e. The van der Waals surface area contributed by atoms with Crippen molar-refractivity contribution in [2.45, 2.75) is 50.8 Å². The summed E-state index contributed by atoms with van der Waals surface area (Å²) in [5.74, 6) is -1.17. The number of pyridine rings is 1. The molecule has 0 aliphatic carbocycles. The lowest BCUT2D eigenvalue weighted by molar-refractivity contribution is -0.125. The molecule has 15 heteroatoms. The van der Waals surface area contributed by atoms with Gasteiger partial charge in [0.2, 0.25) is 32.7 Å². The number of carbonyl (C=O) groups excluding carboxylic acids is 1. The van der Waals surface area contributed by atoms with Gasteiger partial charge in [-0.05, 0) is 41.7 Å². The fourth-order valence-electron chi connectivity index (χ4n) is 6.09. The fourth-order valence-corrected chi connectivity index (χ4v) is 9.44. The normalized spacial score (nSPS) is 17.5. The second-order valence-corrected chi connectivity index (χ2v) is 17.3. The first-order valence-electron chi connectivity index (χ1n) is 16.8. The number of nitrogens with zero attached hydrogens (tertiary/aromatic N) is 4. The topological polar surface area (TPSA) is 159 Å². The van der Waals surface area contributed by atoms with Crippen molar-refractivity contribution < 1.29 is 36.2 Å². The minimum atomic E-state index is -4.09. The van der Waals surface area contributed by atoms with Crippen LogP contribution in [0.3, 0.4) is 0 Å². The van der Waals surface area contributed by atoms with Crippen molar-refractivity contribution in [3.8, 4) is 11.5 Å². The zero-order valence-corrected chi connectivity index (χ0v) is 30.4. The molecule has 2 N–H and O–H groups in total. The molecule has 1 amide bonds. The van der Waals surface area contributed by atoms with Gasteiger partial charge in [0.25, 0.3) is 0 Å². The highest BCUT2D eigenvalue weighted by atomic mass is 32.2. The summed E-state index contributed by atoms with van der Waals surface area (Å²) in [5, 5.41) is 14.5. The number of aliphatic hydroxyl groups excluding tert-OH is 1. The van der Waals surface area contributed by atoms with Crippen molar-refractivity contribution in [1.29, 1.82) is 0 Å². The summed E-state index contributed by atoms with van der Waals surface area (Å²) >= 11 is 0. The van der Waals surface area contributed by atoms with Gasteiger partial charge in [-0.2, -0.15) is 8.61 Å². The van der Waals surface area contributed by atoms with E-state index in [-0.39, 0.29) is 37.1 Å². The Labute approximate surface area is 295 Å². The van der Waals surface area contributed by atoms with Gasteiger partial charge >= 0.3 is 0 Å². The predicted octanol–water partition coefficient (Wildman–Crippen LogP) is 2.33. The molecule has 3 aromatic rings. The predicted molar refractivity (Wildman–Crippen MR) is 188 cm³/mol. The molecule has 0 bridgehead atoms. The van der Waals surface area contributed by atoms with Gasteiger partial charge in [-0.25, -0.2) is 16.8 Å². The Morgan fingerprint density at radius 1 is 0.920 bits per heavy atom. The Bertz CT molecular complexity index is 1790. The largest absolute Gasteiger partial charge is 0.454 e.